The Labute approximate surface area is 64.1 Å². The second-order valence-electron chi connectivity index (χ2n) is 2.52. The van der Waals surface area contributed by atoms with Gasteiger partial charge in [-0.15, -0.1) is 11.3 Å². The Morgan fingerprint density at radius 3 is 3.30 bits per heavy atom. The number of nitrogen functional groups attached to an aromatic ring is 1. The van der Waals surface area contributed by atoms with Crippen molar-refractivity contribution in [2.75, 3.05) is 12.3 Å². The van der Waals surface area contributed by atoms with E-state index in [0.717, 1.165) is 25.2 Å². The van der Waals surface area contributed by atoms with E-state index < -0.39 is 0 Å². The highest BCUT2D eigenvalue weighted by Crippen LogP contribution is 2.26. The number of fused-ring (bicyclic) bond motifs is 1. The van der Waals surface area contributed by atoms with Gasteiger partial charge >= 0.3 is 0 Å². The van der Waals surface area contributed by atoms with Gasteiger partial charge in [-0.2, -0.15) is 0 Å². The van der Waals surface area contributed by atoms with Crippen LogP contribution in [0.15, 0.2) is 5.38 Å². The molecule has 3 N–H and O–H groups in total. The van der Waals surface area contributed by atoms with Crippen LogP contribution in [0.1, 0.15) is 10.4 Å². The van der Waals surface area contributed by atoms with E-state index in [1.807, 2.05) is 5.38 Å². The zero-order valence-electron chi connectivity index (χ0n) is 5.68. The molecule has 0 bridgehead atoms. The van der Waals surface area contributed by atoms with Gasteiger partial charge in [0.1, 0.15) is 0 Å². The fraction of sp³-hybridized carbons (Fsp3) is 0.429. The van der Waals surface area contributed by atoms with Gasteiger partial charge in [0.05, 0.1) is 0 Å². The average Bonchev–Trinajstić information content (AvgIpc) is 2.34. The second-order valence-corrected chi connectivity index (χ2v) is 3.48. The normalized spacial score (nSPS) is 16.8. The molecule has 0 saturated carbocycles. The monoisotopic (exact) mass is 154 g/mol. The van der Waals surface area contributed by atoms with Crippen molar-refractivity contribution < 1.29 is 0 Å². The van der Waals surface area contributed by atoms with Gasteiger partial charge < -0.3 is 11.1 Å². The first-order valence-electron chi connectivity index (χ1n) is 3.43. The third kappa shape index (κ3) is 0.822. The Morgan fingerprint density at radius 2 is 2.50 bits per heavy atom. The summed E-state index contributed by atoms with van der Waals surface area (Å²) in [7, 11) is 0. The fourth-order valence-corrected chi connectivity index (χ4v) is 2.24. The minimum absolute atomic E-state index is 0.988. The molecular formula is C7H10N2S. The zero-order valence-corrected chi connectivity index (χ0v) is 6.50. The molecule has 3 heteroatoms. The predicted octanol–water partition coefficient (Wildman–Crippen LogP) is 0.976. The Bertz CT molecular complexity index is 242. The lowest BCUT2D eigenvalue weighted by atomic mass is 10.1. The molecule has 0 unspecified atom stereocenters. The van der Waals surface area contributed by atoms with Crippen molar-refractivity contribution in [1.29, 1.82) is 0 Å². The highest BCUT2D eigenvalue weighted by molar-refractivity contribution is 7.10. The Hall–Kier alpha value is -0.540. The highest BCUT2D eigenvalue weighted by atomic mass is 32.1. The molecule has 1 aliphatic heterocycles. The summed E-state index contributed by atoms with van der Waals surface area (Å²) in [6.07, 6.45) is 1.10. The summed E-state index contributed by atoms with van der Waals surface area (Å²) in [5, 5.41) is 5.35. The topological polar surface area (TPSA) is 38.0 Å². The van der Waals surface area contributed by atoms with Crippen molar-refractivity contribution in [2.24, 2.45) is 0 Å². The molecule has 0 aromatic carbocycles. The van der Waals surface area contributed by atoms with Crippen LogP contribution in [-0.4, -0.2) is 6.54 Å². The third-order valence-electron chi connectivity index (χ3n) is 1.85. The molecule has 0 spiro atoms. The highest BCUT2D eigenvalue weighted by Gasteiger charge is 2.12. The molecule has 0 amide bonds. The minimum atomic E-state index is 0.988. The van der Waals surface area contributed by atoms with Gasteiger partial charge in [0, 0.05) is 22.5 Å². The summed E-state index contributed by atoms with van der Waals surface area (Å²) in [6, 6.07) is 0. The third-order valence-corrected chi connectivity index (χ3v) is 2.90. The Kier molecular flexibility index (Phi) is 1.39. The van der Waals surface area contributed by atoms with Crippen molar-refractivity contribution in [2.45, 2.75) is 13.0 Å². The van der Waals surface area contributed by atoms with Crippen molar-refractivity contribution in [1.82, 2.24) is 5.32 Å². The molecular weight excluding hydrogens is 144 g/mol. The summed E-state index contributed by atoms with van der Waals surface area (Å²) in [4.78, 5) is 1.42. The van der Waals surface area contributed by atoms with E-state index in [0.29, 0.717) is 0 Å². The zero-order chi connectivity index (χ0) is 6.97. The molecule has 0 atom stereocenters. The minimum Gasteiger partial charge on any atom is -0.398 e. The van der Waals surface area contributed by atoms with Crippen LogP contribution in [0.25, 0.3) is 0 Å². The van der Waals surface area contributed by atoms with Crippen LogP contribution >= 0.6 is 11.3 Å². The maximum absolute atomic E-state index is 5.74. The number of anilines is 1. The van der Waals surface area contributed by atoms with Crippen LogP contribution in [0.2, 0.25) is 0 Å². The number of nitrogens with one attached hydrogen (secondary N) is 1. The molecule has 2 rings (SSSR count). The summed E-state index contributed by atoms with van der Waals surface area (Å²) >= 11 is 1.76. The van der Waals surface area contributed by atoms with Crippen molar-refractivity contribution >= 4 is 17.0 Å². The van der Waals surface area contributed by atoms with Crippen LogP contribution in [0.5, 0.6) is 0 Å². The van der Waals surface area contributed by atoms with Gasteiger partial charge in [-0.25, -0.2) is 0 Å². The summed E-state index contributed by atoms with van der Waals surface area (Å²) in [6.45, 7) is 2.09. The van der Waals surface area contributed by atoms with Gasteiger partial charge in [0.25, 0.3) is 0 Å². The molecule has 2 heterocycles. The van der Waals surface area contributed by atoms with Gasteiger partial charge in [-0.3, -0.25) is 0 Å². The molecule has 0 fully saturated rings. The standard InChI is InChI=1S/C7H10N2S/c8-6-4-10-7-3-9-2-1-5(6)7/h4,9H,1-3,8H2. The first-order chi connectivity index (χ1) is 4.88. The number of nitrogens with two attached hydrogens (primary N) is 1. The van der Waals surface area contributed by atoms with Crippen LogP contribution in [0.3, 0.4) is 0 Å². The fourth-order valence-electron chi connectivity index (χ4n) is 1.29. The number of thiophene rings is 1. The van der Waals surface area contributed by atoms with Crippen LogP contribution in [0.4, 0.5) is 5.69 Å². The summed E-state index contributed by atoms with van der Waals surface area (Å²) in [5.74, 6) is 0. The molecule has 54 valence electrons. The number of rotatable bonds is 0. The smallest absolute Gasteiger partial charge is 0.0459 e. The first-order valence-corrected chi connectivity index (χ1v) is 4.31. The maximum Gasteiger partial charge on any atom is 0.0459 e. The quantitative estimate of drug-likeness (QED) is 0.584. The van der Waals surface area contributed by atoms with Crippen LogP contribution < -0.4 is 11.1 Å². The molecule has 0 saturated heterocycles. The lowest BCUT2D eigenvalue weighted by Crippen LogP contribution is -2.22. The first kappa shape index (κ1) is 6.19. The Balaban J connectivity index is 2.45. The van der Waals surface area contributed by atoms with Gasteiger partial charge in [0.15, 0.2) is 0 Å². The van der Waals surface area contributed by atoms with Crippen LogP contribution in [-0.2, 0) is 13.0 Å². The number of hydrogen-bond acceptors (Lipinski definition) is 3. The van der Waals surface area contributed by atoms with E-state index in [9.17, 15) is 0 Å². The van der Waals surface area contributed by atoms with Gasteiger partial charge in [0.2, 0.25) is 0 Å². The molecule has 0 radical (unpaired) electrons. The molecule has 1 aliphatic rings. The van der Waals surface area contributed by atoms with Crippen LogP contribution in [0, 0.1) is 0 Å². The molecule has 1 aromatic rings. The Morgan fingerprint density at radius 1 is 1.60 bits per heavy atom. The van der Waals surface area contributed by atoms with E-state index >= 15 is 0 Å². The van der Waals surface area contributed by atoms with E-state index in [2.05, 4.69) is 5.32 Å². The number of hydrogen-bond donors (Lipinski definition) is 2. The average molecular weight is 154 g/mol. The van der Waals surface area contributed by atoms with E-state index in [1.165, 1.54) is 10.4 Å². The van der Waals surface area contributed by atoms with E-state index in [4.69, 9.17) is 5.73 Å². The lowest BCUT2D eigenvalue weighted by Gasteiger charge is -2.12. The predicted molar refractivity (Wildman–Crippen MR) is 44.1 cm³/mol. The van der Waals surface area contributed by atoms with Gasteiger partial charge in [-0.05, 0) is 18.5 Å². The van der Waals surface area contributed by atoms with Crippen molar-refractivity contribution in [3.8, 4) is 0 Å². The SMILES string of the molecule is Nc1csc2c1CCNC2. The summed E-state index contributed by atoms with van der Waals surface area (Å²) < 4.78 is 0. The van der Waals surface area contributed by atoms with E-state index in [-0.39, 0.29) is 0 Å². The maximum atomic E-state index is 5.74. The molecule has 1 aromatic heterocycles. The second kappa shape index (κ2) is 2.25. The van der Waals surface area contributed by atoms with Crippen molar-refractivity contribution in [3.63, 3.8) is 0 Å². The van der Waals surface area contributed by atoms with E-state index in [1.54, 1.807) is 11.3 Å². The molecule has 2 nitrogen and oxygen atoms in total. The molecule has 0 aliphatic carbocycles. The lowest BCUT2D eigenvalue weighted by molar-refractivity contribution is 0.656. The van der Waals surface area contributed by atoms with Crippen molar-refractivity contribution in [3.05, 3.63) is 15.8 Å². The molecule has 10 heavy (non-hydrogen) atoms. The largest absolute Gasteiger partial charge is 0.398 e. The summed E-state index contributed by atoms with van der Waals surface area (Å²) in [5.41, 5.74) is 8.11. The van der Waals surface area contributed by atoms with Gasteiger partial charge in [-0.1, -0.05) is 0 Å².